The molecule has 4 N–H and O–H groups in total. The number of benzene rings is 4. The van der Waals surface area contributed by atoms with Crippen LogP contribution in [0.3, 0.4) is 0 Å². The first kappa shape index (κ1) is 43.0. The lowest BCUT2D eigenvalue weighted by molar-refractivity contribution is -0.135. The largest absolute Gasteiger partial charge is 0.341 e. The van der Waals surface area contributed by atoms with E-state index in [2.05, 4.69) is 33.1 Å². The first-order chi connectivity index (χ1) is 30.8. The molecule has 3 fully saturated rings. The third-order valence-corrected chi connectivity index (χ3v) is 14.0. The minimum Gasteiger partial charge on any atom is -0.341 e. The van der Waals surface area contributed by atoms with Crippen LogP contribution in [0.25, 0.3) is 11.0 Å². The van der Waals surface area contributed by atoms with E-state index in [0.717, 1.165) is 19.3 Å². The number of aryl methyl sites for hydroxylation is 1. The number of fused-ring (bicyclic) bond motifs is 4. The van der Waals surface area contributed by atoms with Crippen molar-refractivity contribution in [2.24, 2.45) is 7.05 Å². The summed E-state index contributed by atoms with van der Waals surface area (Å²) in [5, 5.41) is 12.3. The van der Waals surface area contributed by atoms with Gasteiger partial charge in [0.1, 0.15) is 17.3 Å². The standard InChI is InChI=1S/C48H44Cl2FN7O6/c1-56(25-7-4-10-27-11-8-14-35-41(27)57(2)46(64)58(35)36-21-22-37(59)54-42(36)60)44(62)28-15-18-30(19-16-28)52-43(61)40-38(31-12-9-13-33(50)39(31)51)48(47(55-40)23-5-3-6-24-47)32-20-17-29(49)26-34(32)53-45(48)63/h8-9,11-20,26,36,38,40,55H,3,5-7,21-25H2,1-2H3,(H,52,61)(H,53,63)(H,54,59,60)/t36?,38-,40+,48+/m0/s1. The number of nitrogens with one attached hydrogen (secondary N) is 4. The molecule has 1 aromatic heterocycles. The van der Waals surface area contributed by atoms with Crippen molar-refractivity contribution in [3.8, 4) is 11.8 Å². The van der Waals surface area contributed by atoms with Gasteiger partial charge < -0.3 is 15.5 Å². The van der Waals surface area contributed by atoms with E-state index in [0.29, 0.717) is 63.4 Å². The van der Waals surface area contributed by atoms with Crippen molar-refractivity contribution in [3.63, 3.8) is 0 Å². The number of imide groups is 1. The second-order valence-corrected chi connectivity index (χ2v) is 17.9. The normalized spacial score (nSPS) is 22.2. The van der Waals surface area contributed by atoms with E-state index in [1.54, 1.807) is 86.9 Å². The molecule has 16 heteroatoms. The Bertz CT molecular complexity index is 2910. The highest BCUT2D eigenvalue weighted by Crippen LogP contribution is 2.63. The average molecular weight is 905 g/mol. The third-order valence-electron chi connectivity index (χ3n) is 13.5. The van der Waals surface area contributed by atoms with Gasteiger partial charge in [-0.2, -0.15) is 0 Å². The number of halogens is 3. The number of piperidine rings is 1. The molecule has 64 heavy (non-hydrogen) atoms. The second-order valence-electron chi connectivity index (χ2n) is 17.0. The number of rotatable bonds is 7. The van der Waals surface area contributed by atoms with Gasteiger partial charge in [0.25, 0.3) is 5.91 Å². The number of aromatic nitrogens is 2. The first-order valence-electron chi connectivity index (χ1n) is 21.3. The molecule has 1 unspecified atom stereocenters. The van der Waals surface area contributed by atoms with Crippen LogP contribution >= 0.6 is 23.2 Å². The summed E-state index contributed by atoms with van der Waals surface area (Å²) in [7, 11) is 3.27. The fourth-order valence-corrected chi connectivity index (χ4v) is 11.0. The van der Waals surface area contributed by atoms with E-state index in [9.17, 15) is 28.8 Å². The van der Waals surface area contributed by atoms with Crippen molar-refractivity contribution in [2.75, 3.05) is 24.2 Å². The van der Waals surface area contributed by atoms with Gasteiger partial charge in [0.15, 0.2) is 0 Å². The zero-order valence-electron chi connectivity index (χ0n) is 35.0. The van der Waals surface area contributed by atoms with Crippen LogP contribution in [0.15, 0.2) is 83.7 Å². The summed E-state index contributed by atoms with van der Waals surface area (Å²) in [5.41, 5.74) is 1.13. The molecule has 1 saturated carbocycles. The number of carbonyl (C=O) groups is 5. The molecule has 4 atom stereocenters. The molecule has 4 aromatic carbocycles. The van der Waals surface area contributed by atoms with Gasteiger partial charge in [-0.1, -0.05) is 78.6 Å². The van der Waals surface area contributed by atoms with Crippen LogP contribution in [0.5, 0.6) is 0 Å². The zero-order valence-corrected chi connectivity index (χ0v) is 36.5. The highest BCUT2D eigenvalue weighted by Gasteiger charge is 2.72. The first-order valence-corrected chi connectivity index (χ1v) is 22.0. The SMILES string of the molecule is CN(CCC#Cc1cccc2c1n(C)c(=O)n2C1CCC(=O)NC1=O)C(=O)c1ccc(NC(=O)[C@@H]2NC3(CCCCC3)[C@@]3(C(=O)Nc4cc(Cl)ccc43)[C@H]2c2cccc(Cl)c2F)cc1. The number of carbonyl (C=O) groups excluding carboxylic acids is 5. The van der Waals surface area contributed by atoms with E-state index in [-0.39, 0.29) is 47.7 Å². The maximum atomic E-state index is 16.3. The summed E-state index contributed by atoms with van der Waals surface area (Å²) < 4.78 is 19.1. The third kappa shape index (κ3) is 6.97. The summed E-state index contributed by atoms with van der Waals surface area (Å²) in [6.45, 7) is 0.289. The molecule has 5 aromatic rings. The van der Waals surface area contributed by atoms with Crippen LogP contribution in [0.1, 0.15) is 90.4 Å². The number of amides is 5. The Morgan fingerprint density at radius 3 is 2.45 bits per heavy atom. The second kappa shape index (κ2) is 16.7. The Morgan fingerprint density at radius 2 is 1.70 bits per heavy atom. The molecule has 2 saturated heterocycles. The molecule has 5 amide bonds. The molecule has 328 valence electrons. The summed E-state index contributed by atoms with van der Waals surface area (Å²) in [6.07, 6.45) is 4.41. The molecule has 1 aliphatic carbocycles. The molecule has 0 bridgehead atoms. The van der Waals surface area contributed by atoms with Gasteiger partial charge in [-0.15, -0.1) is 0 Å². The molecular weight excluding hydrogens is 860 g/mol. The minimum atomic E-state index is -1.37. The van der Waals surface area contributed by atoms with Gasteiger partial charge in [0.2, 0.25) is 23.6 Å². The van der Waals surface area contributed by atoms with E-state index in [1.165, 1.54) is 20.1 Å². The number of anilines is 2. The predicted molar refractivity (Wildman–Crippen MR) is 241 cm³/mol. The number of para-hydroxylation sites is 1. The van der Waals surface area contributed by atoms with Gasteiger partial charge in [0.05, 0.1) is 27.7 Å². The molecular formula is C48H44Cl2FN7O6. The summed E-state index contributed by atoms with van der Waals surface area (Å²) >= 11 is 12.8. The number of imidazole rings is 1. The smallest absolute Gasteiger partial charge is 0.329 e. The summed E-state index contributed by atoms with van der Waals surface area (Å²) in [4.78, 5) is 82.0. The van der Waals surface area contributed by atoms with E-state index >= 15 is 4.39 Å². The topological polar surface area (TPSA) is 164 Å². The number of hydrogen-bond donors (Lipinski definition) is 4. The van der Waals surface area contributed by atoms with Crippen LogP contribution in [0.4, 0.5) is 15.8 Å². The van der Waals surface area contributed by atoms with E-state index in [4.69, 9.17) is 23.2 Å². The quantitative estimate of drug-likeness (QED) is 0.106. The fourth-order valence-electron chi connectivity index (χ4n) is 10.6. The van der Waals surface area contributed by atoms with Gasteiger partial charge in [-0.3, -0.25) is 43.7 Å². The molecule has 4 aliphatic rings. The lowest BCUT2D eigenvalue weighted by Crippen LogP contribution is -2.60. The monoisotopic (exact) mass is 903 g/mol. The lowest BCUT2D eigenvalue weighted by atomic mass is 9.55. The van der Waals surface area contributed by atoms with Crippen LogP contribution in [-0.4, -0.2) is 68.7 Å². The van der Waals surface area contributed by atoms with E-state index in [1.807, 2.05) is 0 Å². The average Bonchev–Trinajstić information content (AvgIpc) is 3.84. The highest BCUT2D eigenvalue weighted by atomic mass is 35.5. The van der Waals surface area contributed by atoms with Crippen molar-refractivity contribution in [1.29, 1.82) is 0 Å². The number of hydrogen-bond acceptors (Lipinski definition) is 7. The Hall–Kier alpha value is -6.27. The maximum Gasteiger partial charge on any atom is 0.329 e. The van der Waals surface area contributed by atoms with Crippen molar-refractivity contribution in [2.45, 2.75) is 80.3 Å². The predicted octanol–water partition coefficient (Wildman–Crippen LogP) is 6.56. The van der Waals surface area contributed by atoms with Gasteiger partial charge in [-0.25, -0.2) is 9.18 Å². The summed E-state index contributed by atoms with van der Waals surface area (Å²) in [6, 6.07) is 19.7. The van der Waals surface area contributed by atoms with Crippen molar-refractivity contribution in [3.05, 3.63) is 127 Å². The molecule has 4 heterocycles. The van der Waals surface area contributed by atoms with E-state index < -0.39 is 52.3 Å². The molecule has 3 aliphatic heterocycles. The highest BCUT2D eigenvalue weighted by molar-refractivity contribution is 6.31. The van der Waals surface area contributed by atoms with Crippen LogP contribution < -0.4 is 27.0 Å². The minimum absolute atomic E-state index is 0.117. The van der Waals surface area contributed by atoms with Crippen molar-refractivity contribution >= 4 is 75.1 Å². The van der Waals surface area contributed by atoms with Gasteiger partial charge in [-0.05, 0) is 85.0 Å². The molecule has 9 rings (SSSR count). The zero-order chi connectivity index (χ0) is 45.1. The van der Waals surface area contributed by atoms with Crippen molar-refractivity contribution in [1.82, 2.24) is 24.7 Å². The Balaban J connectivity index is 0.922. The van der Waals surface area contributed by atoms with Crippen LogP contribution in [0, 0.1) is 17.7 Å². The lowest BCUT2D eigenvalue weighted by Gasteiger charge is -2.47. The van der Waals surface area contributed by atoms with Crippen molar-refractivity contribution < 1.29 is 28.4 Å². The van der Waals surface area contributed by atoms with Crippen LogP contribution in [0.2, 0.25) is 10.0 Å². The number of nitrogens with zero attached hydrogens (tertiary/aromatic N) is 3. The molecule has 13 nitrogen and oxygen atoms in total. The van der Waals surface area contributed by atoms with Gasteiger partial charge in [0, 0.05) is 66.9 Å². The van der Waals surface area contributed by atoms with Crippen LogP contribution in [-0.2, 0) is 31.6 Å². The fraction of sp³-hybridized carbons (Fsp3) is 0.333. The Morgan fingerprint density at radius 1 is 0.953 bits per heavy atom. The maximum absolute atomic E-state index is 16.3. The Kier molecular flexibility index (Phi) is 11.2. The molecule has 0 radical (unpaired) electrons. The summed E-state index contributed by atoms with van der Waals surface area (Å²) in [5.74, 6) is 2.57. The molecule has 2 spiro atoms. The Labute approximate surface area is 377 Å². The van der Waals surface area contributed by atoms with Gasteiger partial charge >= 0.3 is 5.69 Å².